The molecule has 0 N–H and O–H groups in total. The summed E-state index contributed by atoms with van der Waals surface area (Å²) in [5.41, 5.74) is 0. The summed E-state index contributed by atoms with van der Waals surface area (Å²) < 4.78 is 51.6. The molecule has 0 aliphatic heterocycles. The Morgan fingerprint density at radius 3 is 2.35 bits per heavy atom. The molecule has 0 aliphatic rings. The summed E-state index contributed by atoms with van der Waals surface area (Å²) in [6, 6.07) is 5.40. The second-order valence-corrected chi connectivity index (χ2v) is 6.20. The van der Waals surface area contributed by atoms with Crippen LogP contribution in [0.25, 0.3) is 0 Å². The third kappa shape index (κ3) is 3.93. The first-order chi connectivity index (χ1) is 7.98. The average molecular weight is 282 g/mol. The second-order valence-electron chi connectivity index (χ2n) is 3.12. The van der Waals surface area contributed by atoms with Crippen molar-refractivity contribution in [2.24, 2.45) is 0 Å². The smallest absolute Gasteiger partial charge is 0.341 e. The summed E-state index contributed by atoms with van der Waals surface area (Å²) in [6.07, 6.45) is 0. The zero-order chi connectivity index (χ0) is 12.9. The quantitative estimate of drug-likeness (QED) is 0.593. The predicted octanol–water partition coefficient (Wildman–Crippen LogP) is 2.42. The zero-order valence-electron chi connectivity index (χ0n) is 9.10. The van der Waals surface area contributed by atoms with Gasteiger partial charge in [0.05, 0.1) is 11.5 Å². The molecule has 0 atom stereocenters. The molecule has 0 saturated carbocycles. The highest BCUT2D eigenvalue weighted by Gasteiger charge is 2.26. The SMILES string of the molecule is COCCSc1ccc(S(=O)(=O)C(F)F)cc1. The van der Waals surface area contributed by atoms with Gasteiger partial charge in [-0.15, -0.1) is 11.8 Å². The Labute approximate surface area is 103 Å². The van der Waals surface area contributed by atoms with E-state index in [2.05, 4.69) is 0 Å². The van der Waals surface area contributed by atoms with Gasteiger partial charge in [0.15, 0.2) is 0 Å². The number of hydrogen-bond acceptors (Lipinski definition) is 4. The highest BCUT2D eigenvalue weighted by atomic mass is 32.2. The summed E-state index contributed by atoms with van der Waals surface area (Å²) in [5, 5.41) is 0. The van der Waals surface area contributed by atoms with Crippen LogP contribution in [0.3, 0.4) is 0 Å². The van der Waals surface area contributed by atoms with Gasteiger partial charge >= 0.3 is 5.76 Å². The van der Waals surface area contributed by atoms with Gasteiger partial charge in [0.25, 0.3) is 0 Å². The molecule has 96 valence electrons. The Bertz CT molecular complexity index is 443. The monoisotopic (exact) mass is 282 g/mol. The third-order valence-corrected chi connectivity index (χ3v) is 4.32. The standard InChI is InChI=1S/C10H12F2O3S2/c1-15-6-7-16-8-2-4-9(5-3-8)17(13,14)10(11)12/h2-5,10H,6-7H2,1H3. The molecule has 0 fully saturated rings. The minimum Gasteiger partial charge on any atom is -0.384 e. The van der Waals surface area contributed by atoms with Crippen molar-refractivity contribution in [1.82, 2.24) is 0 Å². The van der Waals surface area contributed by atoms with Crippen molar-refractivity contribution < 1.29 is 21.9 Å². The van der Waals surface area contributed by atoms with Crippen LogP contribution in [-0.2, 0) is 14.6 Å². The second kappa shape index (κ2) is 6.32. The highest BCUT2D eigenvalue weighted by Crippen LogP contribution is 2.23. The molecule has 0 heterocycles. The highest BCUT2D eigenvalue weighted by molar-refractivity contribution is 7.99. The lowest BCUT2D eigenvalue weighted by molar-refractivity contribution is 0.218. The number of alkyl halides is 2. The van der Waals surface area contributed by atoms with Gasteiger partial charge in [0.2, 0.25) is 9.84 Å². The Hall–Kier alpha value is -0.660. The molecule has 0 radical (unpaired) electrons. The van der Waals surface area contributed by atoms with Crippen LogP contribution < -0.4 is 0 Å². The lowest BCUT2D eigenvalue weighted by atomic mass is 10.4. The van der Waals surface area contributed by atoms with Crippen LogP contribution in [-0.4, -0.2) is 33.6 Å². The molecule has 17 heavy (non-hydrogen) atoms. The number of benzene rings is 1. The minimum absolute atomic E-state index is 0.358. The number of sulfone groups is 1. The first-order valence-corrected chi connectivity index (χ1v) is 7.25. The average Bonchev–Trinajstić information content (AvgIpc) is 2.30. The van der Waals surface area contributed by atoms with Gasteiger partial charge in [0.1, 0.15) is 0 Å². The van der Waals surface area contributed by atoms with E-state index in [1.54, 1.807) is 7.11 Å². The first-order valence-electron chi connectivity index (χ1n) is 4.72. The lowest BCUT2D eigenvalue weighted by Gasteiger charge is -2.04. The molecule has 1 aromatic rings. The number of hydrogen-bond donors (Lipinski definition) is 0. The molecule has 0 amide bonds. The van der Waals surface area contributed by atoms with E-state index in [0.717, 1.165) is 10.6 Å². The fourth-order valence-corrected chi connectivity index (χ4v) is 2.61. The molecule has 1 aromatic carbocycles. The Balaban J connectivity index is 2.75. The van der Waals surface area contributed by atoms with E-state index in [0.29, 0.717) is 6.61 Å². The maximum absolute atomic E-state index is 12.2. The maximum atomic E-state index is 12.2. The van der Waals surface area contributed by atoms with Crippen LogP contribution in [0.4, 0.5) is 8.78 Å². The summed E-state index contributed by atoms with van der Waals surface area (Å²) in [5.74, 6) is -2.66. The molecular formula is C10H12F2O3S2. The van der Waals surface area contributed by atoms with Crippen molar-refractivity contribution in [2.75, 3.05) is 19.5 Å². The fraction of sp³-hybridized carbons (Fsp3) is 0.400. The molecular weight excluding hydrogens is 270 g/mol. The Kier molecular flexibility index (Phi) is 5.35. The van der Waals surface area contributed by atoms with Crippen molar-refractivity contribution in [3.05, 3.63) is 24.3 Å². The van der Waals surface area contributed by atoms with E-state index in [4.69, 9.17) is 4.74 Å². The topological polar surface area (TPSA) is 43.4 Å². The van der Waals surface area contributed by atoms with Gasteiger partial charge in [0, 0.05) is 17.8 Å². The van der Waals surface area contributed by atoms with Crippen molar-refractivity contribution in [3.8, 4) is 0 Å². The van der Waals surface area contributed by atoms with E-state index in [1.807, 2.05) is 0 Å². The summed E-state index contributed by atoms with van der Waals surface area (Å²) in [4.78, 5) is 0.457. The van der Waals surface area contributed by atoms with Crippen molar-refractivity contribution in [2.45, 2.75) is 15.5 Å². The van der Waals surface area contributed by atoms with Crippen molar-refractivity contribution in [1.29, 1.82) is 0 Å². The zero-order valence-corrected chi connectivity index (χ0v) is 10.7. The normalized spacial score (nSPS) is 12.0. The molecule has 0 spiro atoms. The summed E-state index contributed by atoms with van der Waals surface area (Å²) in [6.45, 7) is 0.571. The fourth-order valence-electron chi connectivity index (χ4n) is 1.07. The van der Waals surface area contributed by atoms with Crippen LogP contribution >= 0.6 is 11.8 Å². The van der Waals surface area contributed by atoms with Gasteiger partial charge in [-0.25, -0.2) is 8.42 Å². The number of halogens is 2. The first kappa shape index (κ1) is 14.4. The summed E-state index contributed by atoms with van der Waals surface area (Å²) >= 11 is 1.47. The lowest BCUT2D eigenvalue weighted by Crippen LogP contribution is -2.11. The van der Waals surface area contributed by atoms with E-state index in [-0.39, 0.29) is 4.90 Å². The third-order valence-electron chi connectivity index (χ3n) is 1.94. The number of thioether (sulfide) groups is 1. The van der Waals surface area contributed by atoms with Gasteiger partial charge in [-0.2, -0.15) is 8.78 Å². The van der Waals surface area contributed by atoms with Gasteiger partial charge in [-0.3, -0.25) is 0 Å². The molecule has 1 rings (SSSR count). The molecule has 0 unspecified atom stereocenters. The molecule has 0 aliphatic carbocycles. The van der Waals surface area contributed by atoms with Crippen molar-refractivity contribution in [3.63, 3.8) is 0 Å². The Morgan fingerprint density at radius 1 is 1.29 bits per heavy atom. The van der Waals surface area contributed by atoms with Crippen LogP contribution in [0.15, 0.2) is 34.1 Å². The van der Waals surface area contributed by atoms with Crippen LogP contribution in [0.2, 0.25) is 0 Å². The number of ether oxygens (including phenoxy) is 1. The van der Waals surface area contributed by atoms with Crippen molar-refractivity contribution >= 4 is 21.6 Å². The van der Waals surface area contributed by atoms with Gasteiger partial charge in [-0.05, 0) is 24.3 Å². The molecule has 7 heteroatoms. The van der Waals surface area contributed by atoms with E-state index in [1.165, 1.54) is 36.0 Å². The van der Waals surface area contributed by atoms with E-state index in [9.17, 15) is 17.2 Å². The minimum atomic E-state index is -4.49. The predicted molar refractivity (Wildman–Crippen MR) is 62.2 cm³/mol. The number of methoxy groups -OCH3 is 1. The van der Waals surface area contributed by atoms with E-state index >= 15 is 0 Å². The molecule has 0 aromatic heterocycles. The maximum Gasteiger partial charge on any atom is 0.341 e. The number of rotatable bonds is 6. The van der Waals surface area contributed by atoms with Crippen LogP contribution in [0, 0.1) is 0 Å². The molecule has 0 saturated heterocycles. The Morgan fingerprint density at radius 2 is 1.88 bits per heavy atom. The molecule has 3 nitrogen and oxygen atoms in total. The van der Waals surface area contributed by atoms with Crippen LogP contribution in [0.1, 0.15) is 0 Å². The van der Waals surface area contributed by atoms with Crippen LogP contribution in [0.5, 0.6) is 0 Å². The largest absolute Gasteiger partial charge is 0.384 e. The van der Waals surface area contributed by atoms with E-state index < -0.39 is 15.6 Å². The summed E-state index contributed by atoms with van der Waals surface area (Å²) in [7, 11) is -2.90. The van der Waals surface area contributed by atoms with Gasteiger partial charge < -0.3 is 4.74 Å². The van der Waals surface area contributed by atoms with Gasteiger partial charge in [-0.1, -0.05) is 0 Å². The molecule has 0 bridgehead atoms.